The summed E-state index contributed by atoms with van der Waals surface area (Å²) in [5, 5.41) is 0. The summed E-state index contributed by atoms with van der Waals surface area (Å²) in [6.07, 6.45) is 3.21. The number of aromatic amines is 2. The predicted molar refractivity (Wildman–Crippen MR) is 77.9 cm³/mol. The second-order valence-electron chi connectivity index (χ2n) is 5.92. The minimum absolute atomic E-state index is 0.0292. The van der Waals surface area contributed by atoms with E-state index in [9.17, 15) is 9.59 Å². The number of hydrogen-bond acceptors (Lipinski definition) is 3. The molecule has 5 nitrogen and oxygen atoms in total. The van der Waals surface area contributed by atoms with Crippen molar-refractivity contribution in [2.75, 3.05) is 6.61 Å². The lowest BCUT2D eigenvalue weighted by Crippen LogP contribution is -2.42. The SMILES string of the molecule is O=c1[nH]c2c(c(=O)[nH]1)CCC1(CCOc3ccccc31)C2. The summed E-state index contributed by atoms with van der Waals surface area (Å²) < 4.78 is 5.75. The number of fused-ring (bicyclic) bond motifs is 3. The first kappa shape index (κ1) is 12.4. The lowest BCUT2D eigenvalue weighted by Gasteiger charge is -2.41. The van der Waals surface area contributed by atoms with E-state index in [0.717, 1.165) is 29.8 Å². The van der Waals surface area contributed by atoms with Crippen molar-refractivity contribution < 1.29 is 4.74 Å². The molecule has 1 aliphatic carbocycles. The Morgan fingerprint density at radius 2 is 1.95 bits per heavy atom. The lowest BCUT2D eigenvalue weighted by atomic mass is 9.66. The molecule has 0 saturated heterocycles. The van der Waals surface area contributed by atoms with Gasteiger partial charge < -0.3 is 9.72 Å². The maximum absolute atomic E-state index is 11.9. The van der Waals surface area contributed by atoms with Crippen LogP contribution in [-0.4, -0.2) is 16.6 Å². The Morgan fingerprint density at radius 3 is 2.86 bits per heavy atom. The van der Waals surface area contributed by atoms with Crippen LogP contribution in [0, 0.1) is 0 Å². The maximum Gasteiger partial charge on any atom is 0.325 e. The topological polar surface area (TPSA) is 75.0 Å². The molecule has 5 heteroatoms. The third kappa shape index (κ3) is 1.84. The largest absolute Gasteiger partial charge is 0.493 e. The van der Waals surface area contributed by atoms with Crippen LogP contribution in [0.15, 0.2) is 33.9 Å². The van der Waals surface area contributed by atoms with Gasteiger partial charge >= 0.3 is 5.69 Å². The molecular formula is C16H16N2O3. The van der Waals surface area contributed by atoms with Gasteiger partial charge in [0.05, 0.1) is 6.61 Å². The van der Waals surface area contributed by atoms with Gasteiger partial charge in [0.1, 0.15) is 5.75 Å². The van der Waals surface area contributed by atoms with E-state index in [-0.39, 0.29) is 11.0 Å². The minimum Gasteiger partial charge on any atom is -0.493 e. The van der Waals surface area contributed by atoms with Crippen molar-refractivity contribution in [1.82, 2.24) is 9.97 Å². The standard InChI is InChI=1S/C16H16N2O3/c19-14-10-5-6-16(9-12(10)17-15(20)18-14)7-8-21-13-4-2-1-3-11(13)16/h1-4H,5-9H2,(H2,17,18,19,20). The normalized spacial score (nSPS) is 23.2. The highest BCUT2D eigenvalue weighted by molar-refractivity contribution is 5.44. The van der Waals surface area contributed by atoms with E-state index in [1.807, 2.05) is 18.2 Å². The van der Waals surface area contributed by atoms with Crippen LogP contribution in [-0.2, 0) is 18.3 Å². The molecule has 108 valence electrons. The molecule has 0 radical (unpaired) electrons. The Bertz CT molecular complexity index is 821. The Balaban J connectivity index is 1.86. The van der Waals surface area contributed by atoms with Crippen molar-refractivity contribution in [2.45, 2.75) is 31.1 Å². The fourth-order valence-corrected chi connectivity index (χ4v) is 3.73. The molecule has 21 heavy (non-hydrogen) atoms. The predicted octanol–water partition coefficient (Wildman–Crippen LogP) is 1.27. The Hall–Kier alpha value is -2.30. The zero-order chi connectivity index (χ0) is 14.4. The third-order valence-electron chi connectivity index (χ3n) is 4.80. The highest BCUT2D eigenvalue weighted by Gasteiger charge is 2.41. The number of nitrogens with one attached hydrogen (secondary N) is 2. The van der Waals surface area contributed by atoms with Gasteiger partial charge in [-0.2, -0.15) is 0 Å². The highest BCUT2D eigenvalue weighted by atomic mass is 16.5. The van der Waals surface area contributed by atoms with Crippen LogP contribution in [0.4, 0.5) is 0 Å². The summed E-state index contributed by atoms with van der Waals surface area (Å²) >= 11 is 0. The number of para-hydroxylation sites is 1. The summed E-state index contributed by atoms with van der Waals surface area (Å²) in [6.45, 7) is 0.680. The summed E-state index contributed by atoms with van der Waals surface area (Å²) in [5.41, 5.74) is 2.01. The van der Waals surface area contributed by atoms with E-state index in [0.29, 0.717) is 19.4 Å². The number of rotatable bonds is 0. The summed E-state index contributed by atoms with van der Waals surface area (Å²) in [4.78, 5) is 28.6. The molecule has 0 fully saturated rings. The van der Waals surface area contributed by atoms with Gasteiger partial charge in [0.2, 0.25) is 0 Å². The molecule has 1 aromatic heterocycles. The molecule has 1 unspecified atom stereocenters. The molecule has 0 bridgehead atoms. The van der Waals surface area contributed by atoms with Gasteiger partial charge in [-0.3, -0.25) is 9.78 Å². The molecule has 2 N–H and O–H groups in total. The van der Waals surface area contributed by atoms with Crippen LogP contribution >= 0.6 is 0 Å². The zero-order valence-corrected chi connectivity index (χ0v) is 11.6. The molecule has 0 saturated carbocycles. The Morgan fingerprint density at radius 1 is 1.10 bits per heavy atom. The van der Waals surface area contributed by atoms with Crippen LogP contribution in [0.1, 0.15) is 29.7 Å². The van der Waals surface area contributed by atoms with Gasteiger partial charge in [-0.15, -0.1) is 0 Å². The molecular weight excluding hydrogens is 268 g/mol. The van der Waals surface area contributed by atoms with Gasteiger partial charge in [-0.1, -0.05) is 18.2 Å². The first-order valence-electron chi connectivity index (χ1n) is 7.25. The highest BCUT2D eigenvalue weighted by Crippen LogP contribution is 2.45. The maximum atomic E-state index is 11.9. The first-order chi connectivity index (χ1) is 10.2. The number of H-pyrrole nitrogens is 2. The number of ether oxygens (including phenoxy) is 1. The molecule has 2 aliphatic rings. The second kappa shape index (κ2) is 4.35. The molecule has 1 aliphatic heterocycles. The van der Waals surface area contributed by atoms with Gasteiger partial charge in [0.25, 0.3) is 5.56 Å². The van der Waals surface area contributed by atoms with Gasteiger partial charge in [0, 0.05) is 22.2 Å². The Labute approximate surface area is 121 Å². The molecule has 2 aromatic rings. The molecule has 1 spiro atoms. The van der Waals surface area contributed by atoms with Crippen LogP contribution in [0.25, 0.3) is 0 Å². The van der Waals surface area contributed by atoms with Crippen molar-refractivity contribution in [3.8, 4) is 5.75 Å². The average Bonchev–Trinajstić information content (AvgIpc) is 2.47. The van der Waals surface area contributed by atoms with E-state index in [1.165, 1.54) is 5.56 Å². The monoisotopic (exact) mass is 284 g/mol. The summed E-state index contributed by atoms with van der Waals surface area (Å²) in [7, 11) is 0. The number of hydrogen-bond donors (Lipinski definition) is 2. The van der Waals surface area contributed by atoms with E-state index in [2.05, 4.69) is 16.0 Å². The van der Waals surface area contributed by atoms with Crippen LogP contribution in [0.5, 0.6) is 5.75 Å². The van der Waals surface area contributed by atoms with Crippen molar-refractivity contribution in [2.24, 2.45) is 0 Å². The van der Waals surface area contributed by atoms with Crippen molar-refractivity contribution in [3.63, 3.8) is 0 Å². The second-order valence-corrected chi connectivity index (χ2v) is 5.92. The summed E-state index contributed by atoms with van der Waals surface area (Å²) in [6, 6.07) is 8.09. The number of benzene rings is 1. The van der Waals surface area contributed by atoms with Crippen LogP contribution < -0.4 is 16.0 Å². The van der Waals surface area contributed by atoms with E-state index in [1.54, 1.807) is 0 Å². The molecule has 1 aromatic carbocycles. The smallest absolute Gasteiger partial charge is 0.325 e. The number of aromatic nitrogens is 2. The van der Waals surface area contributed by atoms with Crippen LogP contribution in [0.2, 0.25) is 0 Å². The molecule has 4 rings (SSSR count). The van der Waals surface area contributed by atoms with E-state index >= 15 is 0 Å². The molecule has 0 amide bonds. The van der Waals surface area contributed by atoms with Crippen molar-refractivity contribution >= 4 is 0 Å². The fraction of sp³-hybridized carbons (Fsp3) is 0.375. The molecule has 1 atom stereocenters. The molecule has 2 heterocycles. The zero-order valence-electron chi connectivity index (χ0n) is 11.6. The van der Waals surface area contributed by atoms with Crippen molar-refractivity contribution in [3.05, 3.63) is 61.9 Å². The minimum atomic E-state index is -0.420. The van der Waals surface area contributed by atoms with E-state index in [4.69, 9.17) is 4.74 Å². The van der Waals surface area contributed by atoms with Crippen LogP contribution in [0.3, 0.4) is 0 Å². The quantitative estimate of drug-likeness (QED) is 0.765. The Kier molecular flexibility index (Phi) is 2.58. The average molecular weight is 284 g/mol. The fourth-order valence-electron chi connectivity index (χ4n) is 3.73. The van der Waals surface area contributed by atoms with Gasteiger partial charge in [-0.05, 0) is 31.7 Å². The summed E-state index contributed by atoms with van der Waals surface area (Å²) in [5.74, 6) is 0.930. The van der Waals surface area contributed by atoms with Gasteiger partial charge in [0.15, 0.2) is 0 Å². The van der Waals surface area contributed by atoms with Gasteiger partial charge in [-0.25, -0.2) is 4.79 Å². The van der Waals surface area contributed by atoms with Crippen molar-refractivity contribution in [1.29, 1.82) is 0 Å². The first-order valence-corrected chi connectivity index (χ1v) is 7.25. The van der Waals surface area contributed by atoms with E-state index < -0.39 is 5.69 Å². The third-order valence-corrected chi connectivity index (χ3v) is 4.80. The lowest BCUT2D eigenvalue weighted by molar-refractivity contribution is 0.196.